The standard InChI is InChI=1S/C46H26N4O2/c1-5-14-36-28(10-1)32-25-33-29-11-2-6-15-37(29)50(40(33)26-39(32)49(36)38-16-9-19-44-45(38)31-13-4-8-18-42(31)52-44)46-47-23-22-35(48-46)27-20-21-43-34(24-27)30-12-3-7-17-41(30)51-43/h1-26H. The number of furan rings is 2. The van der Waals surface area contributed by atoms with Crippen molar-refractivity contribution < 1.29 is 8.83 Å². The molecular weight excluding hydrogens is 641 g/mol. The maximum atomic E-state index is 6.35. The first-order valence-corrected chi connectivity index (χ1v) is 17.4. The quantitative estimate of drug-likeness (QED) is 0.188. The van der Waals surface area contributed by atoms with E-state index >= 15 is 0 Å². The predicted molar refractivity (Wildman–Crippen MR) is 211 cm³/mol. The fourth-order valence-corrected chi connectivity index (χ4v) is 8.35. The highest BCUT2D eigenvalue weighted by Crippen LogP contribution is 2.42. The zero-order valence-electron chi connectivity index (χ0n) is 27.6. The molecule has 0 bridgehead atoms. The first kappa shape index (κ1) is 27.6. The minimum absolute atomic E-state index is 0.616. The van der Waals surface area contributed by atoms with Crippen LogP contribution in [0.3, 0.4) is 0 Å². The van der Waals surface area contributed by atoms with Crippen LogP contribution in [0, 0.1) is 0 Å². The summed E-state index contributed by atoms with van der Waals surface area (Å²) in [5.41, 5.74) is 10.7. The van der Waals surface area contributed by atoms with Gasteiger partial charge in [0.1, 0.15) is 22.3 Å². The summed E-state index contributed by atoms with van der Waals surface area (Å²) >= 11 is 0. The van der Waals surface area contributed by atoms with Gasteiger partial charge in [0, 0.05) is 49.5 Å². The van der Waals surface area contributed by atoms with Gasteiger partial charge in [0.25, 0.3) is 0 Å². The third-order valence-corrected chi connectivity index (χ3v) is 10.6. The molecule has 52 heavy (non-hydrogen) atoms. The van der Waals surface area contributed by atoms with Crippen molar-refractivity contribution in [1.29, 1.82) is 0 Å². The second-order valence-electron chi connectivity index (χ2n) is 13.4. The third kappa shape index (κ3) is 3.72. The summed E-state index contributed by atoms with van der Waals surface area (Å²) in [7, 11) is 0. The van der Waals surface area contributed by atoms with Crippen LogP contribution in [0.15, 0.2) is 167 Å². The molecule has 0 aliphatic rings. The van der Waals surface area contributed by atoms with Crippen LogP contribution in [0.1, 0.15) is 0 Å². The van der Waals surface area contributed by atoms with E-state index in [2.05, 4.69) is 118 Å². The number of hydrogen-bond acceptors (Lipinski definition) is 4. The molecular formula is C46H26N4O2. The van der Waals surface area contributed by atoms with Crippen LogP contribution in [-0.2, 0) is 0 Å². The second kappa shape index (κ2) is 10.2. The Labute approximate surface area is 295 Å². The maximum absolute atomic E-state index is 6.35. The molecule has 0 saturated heterocycles. The van der Waals surface area contributed by atoms with Crippen LogP contribution in [0.25, 0.3) is 110 Å². The molecule has 5 heterocycles. The van der Waals surface area contributed by atoms with Gasteiger partial charge in [0.15, 0.2) is 0 Å². The average Bonchev–Trinajstić information content (AvgIpc) is 3.94. The fourth-order valence-electron chi connectivity index (χ4n) is 8.35. The second-order valence-corrected chi connectivity index (χ2v) is 13.4. The summed E-state index contributed by atoms with van der Waals surface area (Å²) in [6, 6.07) is 52.9. The Morgan fingerprint density at radius 3 is 1.83 bits per heavy atom. The largest absolute Gasteiger partial charge is 0.456 e. The number of hydrogen-bond donors (Lipinski definition) is 0. The molecule has 0 aliphatic carbocycles. The number of nitrogens with zero attached hydrogens (tertiary/aromatic N) is 4. The molecule has 0 aliphatic heterocycles. The highest BCUT2D eigenvalue weighted by atomic mass is 16.3. The minimum atomic E-state index is 0.616. The predicted octanol–water partition coefficient (Wildman–Crippen LogP) is 12.1. The van der Waals surface area contributed by atoms with Gasteiger partial charge in [-0.05, 0) is 72.8 Å². The molecule has 0 unspecified atom stereocenters. The van der Waals surface area contributed by atoms with Crippen LogP contribution < -0.4 is 0 Å². The first-order chi connectivity index (χ1) is 25.8. The Kier molecular flexibility index (Phi) is 5.41. The van der Waals surface area contributed by atoms with Gasteiger partial charge in [-0.15, -0.1) is 0 Å². The van der Waals surface area contributed by atoms with E-state index in [1.165, 1.54) is 10.8 Å². The summed E-state index contributed by atoms with van der Waals surface area (Å²) in [5, 5.41) is 9.04. The van der Waals surface area contributed by atoms with Crippen LogP contribution >= 0.6 is 0 Å². The van der Waals surface area contributed by atoms with E-state index in [9.17, 15) is 0 Å². The molecule has 12 rings (SSSR count). The Morgan fingerprint density at radius 2 is 1.02 bits per heavy atom. The van der Waals surface area contributed by atoms with Crippen molar-refractivity contribution in [3.8, 4) is 22.9 Å². The molecule has 0 amide bonds. The average molecular weight is 667 g/mol. The van der Waals surface area contributed by atoms with Gasteiger partial charge in [-0.1, -0.05) is 78.9 Å². The molecule has 242 valence electrons. The lowest BCUT2D eigenvalue weighted by molar-refractivity contribution is 0.668. The Bertz CT molecular complexity index is 3430. The molecule has 0 radical (unpaired) electrons. The third-order valence-electron chi connectivity index (χ3n) is 10.6. The van der Waals surface area contributed by atoms with Gasteiger partial charge in [-0.2, -0.15) is 0 Å². The summed E-state index contributed by atoms with van der Waals surface area (Å²) < 4.78 is 17.1. The van der Waals surface area contributed by atoms with E-state index in [1.807, 2.05) is 48.7 Å². The van der Waals surface area contributed by atoms with Crippen molar-refractivity contribution >= 4 is 87.5 Å². The van der Waals surface area contributed by atoms with Gasteiger partial charge in [0.2, 0.25) is 5.95 Å². The number of para-hydroxylation sites is 4. The van der Waals surface area contributed by atoms with E-state index in [0.717, 1.165) is 93.7 Å². The van der Waals surface area contributed by atoms with Gasteiger partial charge in [-0.25, -0.2) is 9.97 Å². The lowest BCUT2D eigenvalue weighted by atomic mass is 10.1. The smallest absolute Gasteiger partial charge is 0.235 e. The first-order valence-electron chi connectivity index (χ1n) is 17.4. The number of aromatic nitrogens is 4. The van der Waals surface area contributed by atoms with Gasteiger partial charge >= 0.3 is 0 Å². The van der Waals surface area contributed by atoms with Gasteiger partial charge < -0.3 is 13.4 Å². The Morgan fingerprint density at radius 1 is 0.404 bits per heavy atom. The zero-order valence-corrected chi connectivity index (χ0v) is 27.6. The van der Waals surface area contributed by atoms with Crippen molar-refractivity contribution in [1.82, 2.24) is 19.1 Å². The van der Waals surface area contributed by atoms with Crippen LogP contribution in [0.4, 0.5) is 0 Å². The Hall–Kier alpha value is -7.18. The van der Waals surface area contributed by atoms with Crippen LogP contribution in [0.2, 0.25) is 0 Å². The van der Waals surface area contributed by atoms with Crippen molar-refractivity contribution in [3.05, 3.63) is 158 Å². The molecule has 5 aromatic heterocycles. The van der Waals surface area contributed by atoms with E-state index < -0.39 is 0 Å². The van der Waals surface area contributed by atoms with Crippen molar-refractivity contribution in [2.75, 3.05) is 0 Å². The molecule has 12 aromatic rings. The lowest BCUT2D eigenvalue weighted by Crippen LogP contribution is -2.02. The normalized spacial score (nSPS) is 12.2. The Balaban J connectivity index is 1.14. The molecule has 0 saturated carbocycles. The minimum Gasteiger partial charge on any atom is -0.456 e. The van der Waals surface area contributed by atoms with E-state index in [0.29, 0.717) is 5.95 Å². The monoisotopic (exact) mass is 666 g/mol. The topological polar surface area (TPSA) is 61.9 Å². The van der Waals surface area contributed by atoms with E-state index in [-0.39, 0.29) is 0 Å². The number of fused-ring (bicyclic) bond motifs is 12. The van der Waals surface area contributed by atoms with Crippen molar-refractivity contribution in [2.45, 2.75) is 0 Å². The number of rotatable bonds is 3. The van der Waals surface area contributed by atoms with Gasteiger partial charge in [0.05, 0.1) is 38.8 Å². The highest BCUT2D eigenvalue weighted by molar-refractivity contribution is 6.20. The maximum Gasteiger partial charge on any atom is 0.235 e. The van der Waals surface area contributed by atoms with Crippen molar-refractivity contribution in [3.63, 3.8) is 0 Å². The lowest BCUT2D eigenvalue weighted by Gasteiger charge is -2.11. The summed E-state index contributed by atoms with van der Waals surface area (Å²) in [4.78, 5) is 10.1. The number of benzene rings is 7. The summed E-state index contributed by atoms with van der Waals surface area (Å²) in [5.74, 6) is 0.616. The van der Waals surface area contributed by atoms with E-state index in [4.69, 9.17) is 18.8 Å². The van der Waals surface area contributed by atoms with E-state index in [1.54, 1.807) is 0 Å². The van der Waals surface area contributed by atoms with Crippen LogP contribution in [-0.4, -0.2) is 19.1 Å². The zero-order chi connectivity index (χ0) is 33.9. The van der Waals surface area contributed by atoms with Crippen molar-refractivity contribution in [2.24, 2.45) is 0 Å². The molecule has 6 heteroatoms. The molecule has 6 nitrogen and oxygen atoms in total. The molecule has 0 N–H and O–H groups in total. The van der Waals surface area contributed by atoms with Gasteiger partial charge in [-0.3, -0.25) is 4.57 Å². The molecule has 0 fully saturated rings. The summed E-state index contributed by atoms with van der Waals surface area (Å²) in [6.07, 6.45) is 1.86. The molecule has 7 aromatic carbocycles. The molecule has 0 atom stereocenters. The molecule has 0 spiro atoms. The highest BCUT2D eigenvalue weighted by Gasteiger charge is 2.21. The van der Waals surface area contributed by atoms with Crippen LogP contribution in [0.5, 0.6) is 0 Å². The fraction of sp³-hybridized carbons (Fsp3) is 0. The SMILES string of the molecule is c1ccc2c(c1)oc1ccc(-c3ccnc(-n4c5ccccc5c5cc6c7ccccc7n(-c7cccc8oc9ccccc9c78)c6cc54)n3)cc12. The summed E-state index contributed by atoms with van der Waals surface area (Å²) in [6.45, 7) is 0.